The molecule has 2 aliphatic rings. The molecule has 2 N–H and O–H groups in total. The molecule has 7 heteroatoms. The molecule has 0 spiro atoms. The molecule has 1 aliphatic carbocycles. The molecule has 184 valence electrons. The second-order valence-electron chi connectivity index (χ2n) is 8.96. The van der Waals surface area contributed by atoms with Crippen LogP contribution in [0.1, 0.15) is 42.0 Å². The summed E-state index contributed by atoms with van der Waals surface area (Å²) >= 11 is 1.67. The molecule has 6 nitrogen and oxygen atoms in total. The van der Waals surface area contributed by atoms with Gasteiger partial charge in [-0.3, -0.25) is 9.59 Å². The summed E-state index contributed by atoms with van der Waals surface area (Å²) in [6.07, 6.45) is 1.10. The van der Waals surface area contributed by atoms with E-state index in [0.717, 1.165) is 17.0 Å². The second kappa shape index (κ2) is 10.0. The Hall–Kier alpha value is -3.84. The molecule has 2 aromatic carbocycles. The number of methoxy groups -OCH3 is 2. The van der Waals surface area contributed by atoms with Crippen molar-refractivity contribution in [3.8, 4) is 11.5 Å². The molecule has 0 saturated carbocycles. The van der Waals surface area contributed by atoms with E-state index in [9.17, 15) is 9.59 Å². The van der Waals surface area contributed by atoms with Gasteiger partial charge >= 0.3 is 0 Å². The predicted octanol–water partition coefficient (Wildman–Crippen LogP) is 5.77. The molecule has 2 heterocycles. The number of amides is 1. The van der Waals surface area contributed by atoms with Crippen LogP contribution in [0, 0.1) is 0 Å². The molecule has 1 aliphatic heterocycles. The Morgan fingerprint density at radius 1 is 1.03 bits per heavy atom. The molecular formula is C29H28N2O4S. The van der Waals surface area contributed by atoms with Gasteiger partial charge in [-0.1, -0.05) is 24.3 Å². The van der Waals surface area contributed by atoms with Crippen LogP contribution >= 0.6 is 11.3 Å². The standard InChI is InChI=1S/C29H28N2O4S/c1-17-26(29(33)31-19-8-5-4-6-9-19)27(21-16-20(34-2)11-12-24(21)35-3)28-22(30-17)14-18(15-23(28)32)25-10-7-13-36-25/h4-13,16,18,27,30H,14-15H2,1-3H3,(H,31,33). The Bertz CT molecular complexity index is 1360. The number of ether oxygens (including phenoxy) is 2. The number of Topliss-reactive ketones (excluding diaryl/α,β-unsaturated/α-hetero) is 1. The van der Waals surface area contributed by atoms with Crippen LogP contribution in [0.5, 0.6) is 11.5 Å². The average Bonchev–Trinajstić information content (AvgIpc) is 3.43. The van der Waals surface area contributed by atoms with Crippen molar-refractivity contribution in [3.05, 3.63) is 99.0 Å². The van der Waals surface area contributed by atoms with Gasteiger partial charge in [0.05, 0.1) is 20.1 Å². The van der Waals surface area contributed by atoms with Crippen LogP contribution in [0.4, 0.5) is 5.69 Å². The van der Waals surface area contributed by atoms with Crippen molar-refractivity contribution in [2.24, 2.45) is 0 Å². The third-order valence-electron chi connectivity index (χ3n) is 6.80. The smallest absolute Gasteiger partial charge is 0.254 e. The van der Waals surface area contributed by atoms with E-state index >= 15 is 0 Å². The van der Waals surface area contributed by atoms with Crippen LogP contribution in [0.25, 0.3) is 0 Å². The van der Waals surface area contributed by atoms with E-state index in [1.54, 1.807) is 25.6 Å². The number of hydrogen-bond donors (Lipinski definition) is 2. The molecule has 1 aromatic heterocycles. The first-order valence-electron chi connectivity index (χ1n) is 11.9. The number of carbonyl (C=O) groups is 2. The van der Waals surface area contributed by atoms with E-state index < -0.39 is 5.92 Å². The van der Waals surface area contributed by atoms with Crippen LogP contribution in [0.2, 0.25) is 0 Å². The van der Waals surface area contributed by atoms with Gasteiger partial charge in [0.25, 0.3) is 5.91 Å². The first kappa shape index (κ1) is 23.9. The van der Waals surface area contributed by atoms with Crippen molar-refractivity contribution in [3.63, 3.8) is 0 Å². The highest BCUT2D eigenvalue weighted by atomic mass is 32.1. The van der Waals surface area contributed by atoms with Crippen molar-refractivity contribution < 1.29 is 19.1 Å². The molecule has 1 amide bonds. The molecule has 0 fully saturated rings. The maximum absolute atomic E-state index is 13.8. The molecule has 3 aromatic rings. The summed E-state index contributed by atoms with van der Waals surface area (Å²) in [7, 11) is 3.19. The Kier molecular flexibility index (Phi) is 6.65. The number of dihydropyridines is 1. The first-order chi connectivity index (χ1) is 17.5. The minimum atomic E-state index is -0.591. The van der Waals surface area contributed by atoms with Gasteiger partial charge in [-0.25, -0.2) is 0 Å². The van der Waals surface area contributed by atoms with Crippen LogP contribution in [0.15, 0.2) is 88.6 Å². The minimum Gasteiger partial charge on any atom is -0.497 e. The Morgan fingerprint density at radius 3 is 2.53 bits per heavy atom. The summed E-state index contributed by atoms with van der Waals surface area (Å²) in [5, 5.41) is 8.48. The van der Waals surface area contributed by atoms with Gasteiger partial charge in [0.15, 0.2) is 5.78 Å². The summed E-state index contributed by atoms with van der Waals surface area (Å²) in [4.78, 5) is 28.7. The monoisotopic (exact) mass is 500 g/mol. The van der Waals surface area contributed by atoms with Gasteiger partial charge in [-0.15, -0.1) is 11.3 Å². The van der Waals surface area contributed by atoms with E-state index in [2.05, 4.69) is 16.7 Å². The van der Waals surface area contributed by atoms with Crippen molar-refractivity contribution in [2.75, 3.05) is 19.5 Å². The zero-order valence-corrected chi connectivity index (χ0v) is 21.3. The summed E-state index contributed by atoms with van der Waals surface area (Å²) in [6, 6.07) is 18.9. The number of allylic oxidation sites excluding steroid dienone is 3. The molecular weight excluding hydrogens is 472 g/mol. The number of carbonyl (C=O) groups excluding carboxylic acids is 2. The van der Waals surface area contributed by atoms with E-state index in [4.69, 9.17) is 9.47 Å². The fourth-order valence-electron chi connectivity index (χ4n) is 5.16. The predicted molar refractivity (Wildman–Crippen MR) is 142 cm³/mol. The lowest BCUT2D eigenvalue weighted by Crippen LogP contribution is -2.37. The highest BCUT2D eigenvalue weighted by Gasteiger charge is 2.42. The molecule has 2 atom stereocenters. The van der Waals surface area contributed by atoms with Crippen molar-refractivity contribution in [1.29, 1.82) is 0 Å². The number of rotatable bonds is 6. The fourth-order valence-corrected chi connectivity index (χ4v) is 5.99. The molecule has 0 saturated heterocycles. The summed E-state index contributed by atoms with van der Waals surface area (Å²) in [5.74, 6) is 0.526. The van der Waals surface area contributed by atoms with Crippen molar-refractivity contribution in [2.45, 2.75) is 31.6 Å². The summed E-state index contributed by atoms with van der Waals surface area (Å²) in [5.41, 5.74) is 4.12. The van der Waals surface area contributed by atoms with Gasteiger partial charge in [0.2, 0.25) is 0 Å². The number of nitrogens with one attached hydrogen (secondary N) is 2. The van der Waals surface area contributed by atoms with E-state index in [-0.39, 0.29) is 17.6 Å². The number of hydrogen-bond acceptors (Lipinski definition) is 6. The van der Waals surface area contributed by atoms with Crippen molar-refractivity contribution >= 4 is 28.7 Å². The highest BCUT2D eigenvalue weighted by molar-refractivity contribution is 7.10. The van der Waals surface area contributed by atoms with Crippen LogP contribution in [-0.4, -0.2) is 25.9 Å². The Labute approximate surface area is 214 Å². The number of para-hydroxylation sites is 1. The van der Waals surface area contributed by atoms with E-state index in [1.165, 1.54) is 4.88 Å². The number of thiophene rings is 1. The van der Waals surface area contributed by atoms with E-state index in [1.807, 2.05) is 66.9 Å². The zero-order chi connectivity index (χ0) is 25.2. The lowest BCUT2D eigenvalue weighted by molar-refractivity contribution is -0.116. The van der Waals surface area contributed by atoms with Gasteiger partial charge in [0.1, 0.15) is 11.5 Å². The first-order valence-corrected chi connectivity index (χ1v) is 12.7. The van der Waals surface area contributed by atoms with Gasteiger partial charge < -0.3 is 20.1 Å². The van der Waals surface area contributed by atoms with Gasteiger partial charge in [-0.05, 0) is 55.1 Å². The Balaban J connectivity index is 1.64. The van der Waals surface area contributed by atoms with Crippen LogP contribution in [-0.2, 0) is 9.59 Å². The lowest BCUT2D eigenvalue weighted by atomic mass is 9.72. The molecule has 0 radical (unpaired) electrons. The maximum Gasteiger partial charge on any atom is 0.254 e. The van der Waals surface area contributed by atoms with Gasteiger partial charge in [-0.2, -0.15) is 0 Å². The topological polar surface area (TPSA) is 76.7 Å². The van der Waals surface area contributed by atoms with Gasteiger partial charge in [0, 0.05) is 51.0 Å². The number of benzene rings is 2. The number of anilines is 1. The van der Waals surface area contributed by atoms with Crippen LogP contribution in [0.3, 0.4) is 0 Å². The average molecular weight is 501 g/mol. The van der Waals surface area contributed by atoms with E-state index in [0.29, 0.717) is 41.2 Å². The molecule has 36 heavy (non-hydrogen) atoms. The van der Waals surface area contributed by atoms with Crippen molar-refractivity contribution in [1.82, 2.24) is 5.32 Å². The summed E-state index contributed by atoms with van der Waals surface area (Å²) in [6.45, 7) is 1.89. The van der Waals surface area contributed by atoms with Crippen LogP contribution < -0.4 is 20.1 Å². The number of ketones is 1. The highest BCUT2D eigenvalue weighted by Crippen LogP contribution is 2.48. The lowest BCUT2D eigenvalue weighted by Gasteiger charge is -2.37. The second-order valence-corrected chi connectivity index (χ2v) is 9.94. The molecule has 0 bridgehead atoms. The summed E-state index contributed by atoms with van der Waals surface area (Å²) < 4.78 is 11.2. The Morgan fingerprint density at radius 2 is 1.83 bits per heavy atom. The maximum atomic E-state index is 13.8. The normalized spacial score (nSPS) is 19.5. The fraction of sp³-hybridized carbons (Fsp3) is 0.241. The SMILES string of the molecule is COc1ccc(OC)c(C2C(C(=O)Nc3ccccc3)=C(C)NC3=C2C(=O)CC(c2cccs2)C3)c1. The largest absolute Gasteiger partial charge is 0.497 e. The minimum absolute atomic E-state index is 0.0366. The third kappa shape index (κ3) is 4.42. The quantitative estimate of drug-likeness (QED) is 0.450. The molecule has 5 rings (SSSR count). The molecule has 2 unspecified atom stereocenters. The third-order valence-corrected chi connectivity index (χ3v) is 7.83. The zero-order valence-electron chi connectivity index (χ0n) is 20.5.